The van der Waals surface area contributed by atoms with E-state index >= 15 is 0 Å². The Bertz CT molecular complexity index is 789. The van der Waals surface area contributed by atoms with Gasteiger partial charge in [-0.2, -0.15) is 0 Å². The maximum atomic E-state index is 5.57. The molecular weight excluding hydrogens is 248 g/mol. The van der Waals surface area contributed by atoms with Crippen molar-refractivity contribution in [3.05, 3.63) is 65.4 Å². The molecule has 20 heavy (non-hydrogen) atoms. The van der Waals surface area contributed by atoms with E-state index in [1.54, 1.807) is 0 Å². The predicted octanol–water partition coefficient (Wildman–Crippen LogP) is 3.37. The number of hydrogen-bond donors (Lipinski definition) is 1. The number of rotatable bonds is 2. The zero-order valence-corrected chi connectivity index (χ0v) is 11.0. The van der Waals surface area contributed by atoms with Gasteiger partial charge in [0.15, 0.2) is 5.76 Å². The molecule has 1 aliphatic rings. The highest BCUT2D eigenvalue weighted by Gasteiger charge is 2.18. The monoisotopic (exact) mass is 262 g/mol. The minimum atomic E-state index is 0.403. The van der Waals surface area contributed by atoms with Crippen molar-refractivity contribution in [2.75, 3.05) is 0 Å². The Morgan fingerprint density at radius 3 is 2.70 bits per heavy atom. The van der Waals surface area contributed by atoms with Crippen molar-refractivity contribution < 1.29 is 4.52 Å². The number of fused-ring (bicyclic) bond motifs is 3. The first-order valence-corrected chi connectivity index (χ1v) is 6.72. The molecule has 0 radical (unpaired) electrons. The molecule has 0 aliphatic heterocycles. The van der Waals surface area contributed by atoms with E-state index in [2.05, 4.69) is 47.6 Å². The molecule has 0 fully saturated rings. The Kier molecular flexibility index (Phi) is 2.47. The highest BCUT2D eigenvalue weighted by molar-refractivity contribution is 5.79. The standard InChI is InChI=1S/C17H14N2O/c18-10-14-9-17(20-19-14)12-5-6-16-13(8-12)7-11-3-1-2-4-15(11)16/h1-6,8-9H,7,10,18H2. The molecule has 0 amide bonds. The van der Waals surface area contributed by atoms with Gasteiger partial charge in [0, 0.05) is 18.2 Å². The van der Waals surface area contributed by atoms with E-state index in [0.717, 1.165) is 23.4 Å². The first kappa shape index (κ1) is 11.4. The number of hydrogen-bond acceptors (Lipinski definition) is 3. The molecule has 0 saturated heterocycles. The van der Waals surface area contributed by atoms with Gasteiger partial charge in [0.1, 0.15) is 0 Å². The summed E-state index contributed by atoms with van der Waals surface area (Å²) in [5, 5.41) is 3.94. The van der Waals surface area contributed by atoms with Gasteiger partial charge in [-0.25, -0.2) is 0 Å². The quantitative estimate of drug-likeness (QED) is 0.602. The lowest BCUT2D eigenvalue weighted by Crippen LogP contribution is -1.94. The van der Waals surface area contributed by atoms with Crippen LogP contribution in [0.15, 0.2) is 53.1 Å². The third-order valence-corrected chi connectivity index (χ3v) is 3.85. The normalized spacial score (nSPS) is 12.2. The van der Waals surface area contributed by atoms with Crippen LogP contribution in [0.25, 0.3) is 22.5 Å². The first-order valence-electron chi connectivity index (χ1n) is 6.72. The topological polar surface area (TPSA) is 52.0 Å². The molecule has 3 heteroatoms. The van der Waals surface area contributed by atoms with E-state index in [4.69, 9.17) is 10.3 Å². The van der Waals surface area contributed by atoms with E-state index < -0.39 is 0 Å². The van der Waals surface area contributed by atoms with Crippen molar-refractivity contribution in [3.8, 4) is 22.5 Å². The van der Waals surface area contributed by atoms with Gasteiger partial charge in [-0.3, -0.25) is 0 Å². The van der Waals surface area contributed by atoms with Crippen molar-refractivity contribution in [3.63, 3.8) is 0 Å². The second-order valence-electron chi connectivity index (χ2n) is 5.09. The molecule has 1 heterocycles. The Balaban J connectivity index is 1.78. The molecule has 98 valence electrons. The molecule has 4 rings (SSSR count). The van der Waals surface area contributed by atoms with Crippen LogP contribution in [0.5, 0.6) is 0 Å². The molecule has 1 aromatic heterocycles. The number of nitrogens with zero attached hydrogens (tertiary/aromatic N) is 1. The van der Waals surface area contributed by atoms with E-state index in [1.807, 2.05) is 6.07 Å². The van der Waals surface area contributed by atoms with Gasteiger partial charge in [-0.1, -0.05) is 41.6 Å². The molecule has 0 atom stereocenters. The van der Waals surface area contributed by atoms with Gasteiger partial charge in [0.2, 0.25) is 0 Å². The van der Waals surface area contributed by atoms with Crippen LogP contribution in [-0.4, -0.2) is 5.16 Å². The molecule has 1 aliphatic carbocycles. The zero-order chi connectivity index (χ0) is 13.5. The van der Waals surface area contributed by atoms with Crippen LogP contribution in [0, 0.1) is 0 Å². The Morgan fingerprint density at radius 2 is 1.85 bits per heavy atom. The van der Waals surface area contributed by atoms with Crippen molar-refractivity contribution >= 4 is 0 Å². The highest BCUT2D eigenvalue weighted by atomic mass is 16.5. The van der Waals surface area contributed by atoms with Crippen molar-refractivity contribution in [1.82, 2.24) is 5.16 Å². The maximum Gasteiger partial charge on any atom is 0.167 e. The molecule has 0 saturated carbocycles. The largest absolute Gasteiger partial charge is 0.356 e. The smallest absolute Gasteiger partial charge is 0.167 e. The molecular formula is C17H14N2O. The Hall–Kier alpha value is -2.39. The van der Waals surface area contributed by atoms with Gasteiger partial charge in [0.05, 0.1) is 5.69 Å². The second kappa shape index (κ2) is 4.32. The first-order chi connectivity index (χ1) is 9.85. The minimum absolute atomic E-state index is 0.403. The lowest BCUT2D eigenvalue weighted by molar-refractivity contribution is 0.424. The van der Waals surface area contributed by atoms with Crippen LogP contribution in [0.1, 0.15) is 16.8 Å². The molecule has 3 nitrogen and oxygen atoms in total. The third-order valence-electron chi connectivity index (χ3n) is 3.85. The van der Waals surface area contributed by atoms with Gasteiger partial charge in [-0.05, 0) is 34.7 Å². The number of nitrogens with two attached hydrogens (primary N) is 1. The van der Waals surface area contributed by atoms with E-state index in [0.29, 0.717) is 6.54 Å². The fourth-order valence-electron chi connectivity index (χ4n) is 2.84. The third kappa shape index (κ3) is 1.67. The van der Waals surface area contributed by atoms with E-state index in [-0.39, 0.29) is 0 Å². The maximum absolute atomic E-state index is 5.57. The lowest BCUT2D eigenvalue weighted by atomic mass is 10.0. The fraction of sp³-hybridized carbons (Fsp3) is 0.118. The summed E-state index contributed by atoms with van der Waals surface area (Å²) >= 11 is 0. The summed E-state index contributed by atoms with van der Waals surface area (Å²) in [7, 11) is 0. The number of benzene rings is 2. The summed E-state index contributed by atoms with van der Waals surface area (Å²) in [5.41, 5.74) is 12.8. The van der Waals surface area contributed by atoms with Crippen LogP contribution in [0.2, 0.25) is 0 Å². The van der Waals surface area contributed by atoms with Crippen LogP contribution in [-0.2, 0) is 13.0 Å². The van der Waals surface area contributed by atoms with Crippen molar-refractivity contribution in [1.29, 1.82) is 0 Å². The highest BCUT2D eigenvalue weighted by Crippen LogP contribution is 2.38. The van der Waals surface area contributed by atoms with Gasteiger partial charge < -0.3 is 10.3 Å². The van der Waals surface area contributed by atoms with E-state index in [1.165, 1.54) is 22.3 Å². The summed E-state index contributed by atoms with van der Waals surface area (Å²) in [4.78, 5) is 0. The van der Waals surface area contributed by atoms with Crippen LogP contribution in [0.4, 0.5) is 0 Å². The van der Waals surface area contributed by atoms with Crippen LogP contribution in [0.3, 0.4) is 0 Å². The molecule has 0 unspecified atom stereocenters. The summed E-state index contributed by atoms with van der Waals surface area (Å²) in [6.07, 6.45) is 0.983. The van der Waals surface area contributed by atoms with Crippen molar-refractivity contribution in [2.45, 2.75) is 13.0 Å². The summed E-state index contributed by atoms with van der Waals surface area (Å²) in [6, 6.07) is 16.9. The molecule has 2 aromatic carbocycles. The molecule has 0 spiro atoms. The molecule has 3 aromatic rings. The molecule has 0 bridgehead atoms. The summed E-state index contributed by atoms with van der Waals surface area (Å²) < 4.78 is 5.35. The average Bonchev–Trinajstić information content (AvgIpc) is 3.10. The minimum Gasteiger partial charge on any atom is -0.356 e. The fourth-order valence-corrected chi connectivity index (χ4v) is 2.84. The predicted molar refractivity (Wildman–Crippen MR) is 78.1 cm³/mol. The zero-order valence-electron chi connectivity index (χ0n) is 11.0. The molecule has 2 N–H and O–H groups in total. The van der Waals surface area contributed by atoms with Crippen LogP contribution < -0.4 is 5.73 Å². The van der Waals surface area contributed by atoms with Gasteiger partial charge in [-0.15, -0.1) is 0 Å². The van der Waals surface area contributed by atoms with Crippen LogP contribution >= 0.6 is 0 Å². The lowest BCUT2D eigenvalue weighted by Gasteiger charge is -2.02. The SMILES string of the molecule is NCc1cc(-c2ccc3c(c2)Cc2ccccc2-3)on1. The summed E-state index contributed by atoms with van der Waals surface area (Å²) in [6.45, 7) is 0.403. The Morgan fingerprint density at radius 1 is 1.00 bits per heavy atom. The van der Waals surface area contributed by atoms with Gasteiger partial charge in [0.25, 0.3) is 0 Å². The second-order valence-corrected chi connectivity index (χ2v) is 5.09. The van der Waals surface area contributed by atoms with E-state index in [9.17, 15) is 0 Å². The van der Waals surface area contributed by atoms with Gasteiger partial charge >= 0.3 is 0 Å². The number of aromatic nitrogens is 1. The average molecular weight is 262 g/mol. The van der Waals surface area contributed by atoms with Crippen molar-refractivity contribution in [2.24, 2.45) is 5.73 Å². The Labute approximate surface area is 117 Å². The summed E-state index contributed by atoms with van der Waals surface area (Å²) in [5.74, 6) is 0.782.